The monoisotopic (exact) mass is 309 g/mol. The van der Waals surface area contributed by atoms with Crippen LogP contribution in [-0.2, 0) is 15.3 Å². The summed E-state index contributed by atoms with van der Waals surface area (Å²) in [5.74, 6) is 0.800. The molecule has 0 radical (unpaired) electrons. The quantitative estimate of drug-likeness (QED) is 0.810. The Balaban J connectivity index is 2.36. The minimum atomic E-state index is -3.72. The summed E-state index contributed by atoms with van der Waals surface area (Å²) in [4.78, 5) is 11.9. The summed E-state index contributed by atoms with van der Waals surface area (Å²) in [5, 5.41) is -1.15. The average molecular weight is 309 g/mol. The van der Waals surface area contributed by atoms with Crippen molar-refractivity contribution in [3.05, 3.63) is 35.8 Å². The highest BCUT2D eigenvalue weighted by Gasteiger charge is 2.32. The topological polar surface area (TPSA) is 86.0 Å². The second kappa shape index (κ2) is 5.22. The lowest BCUT2D eigenvalue weighted by molar-refractivity contribution is 0.380. The first-order chi connectivity index (χ1) is 9.62. The summed E-state index contributed by atoms with van der Waals surface area (Å²) in [5.41, 5.74) is 0.572. The van der Waals surface area contributed by atoms with Gasteiger partial charge in [-0.15, -0.1) is 0 Å². The SMILES string of the molecule is Cc1cnc(S(=O)(=O)[C@H](C)c2ncc(C(C)(C)C)o2)nc1. The van der Waals surface area contributed by atoms with Gasteiger partial charge in [-0.25, -0.2) is 23.4 Å². The third-order valence-corrected chi connectivity index (χ3v) is 4.94. The van der Waals surface area contributed by atoms with E-state index >= 15 is 0 Å². The molecular formula is C14H19N3O3S. The zero-order valence-electron chi connectivity index (χ0n) is 12.8. The molecule has 0 unspecified atom stereocenters. The van der Waals surface area contributed by atoms with E-state index < -0.39 is 15.1 Å². The van der Waals surface area contributed by atoms with Gasteiger partial charge >= 0.3 is 0 Å². The Labute approximate surface area is 124 Å². The lowest BCUT2D eigenvalue weighted by Crippen LogP contribution is -2.14. The molecule has 0 saturated carbocycles. The van der Waals surface area contributed by atoms with Crippen molar-refractivity contribution in [2.45, 2.75) is 50.4 Å². The van der Waals surface area contributed by atoms with Crippen LogP contribution in [0.2, 0.25) is 0 Å². The van der Waals surface area contributed by atoms with Crippen molar-refractivity contribution < 1.29 is 12.8 Å². The van der Waals surface area contributed by atoms with E-state index in [4.69, 9.17) is 4.42 Å². The minimum absolute atomic E-state index is 0.157. The highest BCUT2D eigenvalue weighted by molar-refractivity contribution is 7.91. The third kappa shape index (κ3) is 3.12. The highest BCUT2D eigenvalue weighted by atomic mass is 32.2. The number of aromatic nitrogens is 3. The predicted octanol–water partition coefficient (Wildman–Crippen LogP) is 2.61. The Hall–Kier alpha value is -1.76. The molecule has 2 heterocycles. The molecule has 1 atom stereocenters. The number of rotatable bonds is 3. The molecule has 2 aromatic rings. The zero-order valence-corrected chi connectivity index (χ0v) is 13.6. The molecule has 0 fully saturated rings. The van der Waals surface area contributed by atoms with Gasteiger partial charge in [0.05, 0.1) is 6.20 Å². The lowest BCUT2D eigenvalue weighted by atomic mass is 9.94. The predicted molar refractivity (Wildman–Crippen MR) is 77.6 cm³/mol. The van der Waals surface area contributed by atoms with Gasteiger partial charge in [0.2, 0.25) is 20.9 Å². The highest BCUT2D eigenvalue weighted by Crippen LogP contribution is 2.29. The number of nitrogens with zero attached hydrogens (tertiary/aromatic N) is 3. The van der Waals surface area contributed by atoms with Crippen LogP contribution in [0.4, 0.5) is 0 Å². The molecule has 21 heavy (non-hydrogen) atoms. The molecule has 0 bridgehead atoms. The average Bonchev–Trinajstić information content (AvgIpc) is 2.87. The minimum Gasteiger partial charge on any atom is -0.444 e. The van der Waals surface area contributed by atoms with E-state index in [0.29, 0.717) is 5.76 Å². The van der Waals surface area contributed by atoms with Crippen molar-refractivity contribution in [1.29, 1.82) is 0 Å². The van der Waals surface area contributed by atoms with Gasteiger partial charge in [-0.05, 0) is 19.4 Å². The standard InChI is InChI=1S/C14H19N3O3S/c1-9-6-16-13(17-7-9)21(18,19)10(2)12-15-8-11(20-12)14(3,4)5/h6-8,10H,1-5H3/t10-/m1/s1. The molecule has 0 N–H and O–H groups in total. The first-order valence-corrected chi connectivity index (χ1v) is 8.16. The van der Waals surface area contributed by atoms with Gasteiger partial charge in [0.25, 0.3) is 0 Å². The van der Waals surface area contributed by atoms with E-state index in [2.05, 4.69) is 15.0 Å². The summed E-state index contributed by atoms with van der Waals surface area (Å²) >= 11 is 0. The molecule has 2 rings (SSSR count). The molecule has 0 aliphatic heterocycles. The van der Waals surface area contributed by atoms with Crippen LogP contribution in [-0.4, -0.2) is 23.4 Å². The third-order valence-electron chi connectivity index (χ3n) is 3.09. The van der Waals surface area contributed by atoms with Crippen LogP contribution in [0.1, 0.15) is 50.2 Å². The van der Waals surface area contributed by atoms with Crippen molar-refractivity contribution in [1.82, 2.24) is 15.0 Å². The van der Waals surface area contributed by atoms with E-state index in [1.807, 2.05) is 20.8 Å². The van der Waals surface area contributed by atoms with Gasteiger partial charge in [0.15, 0.2) is 0 Å². The van der Waals surface area contributed by atoms with Crippen LogP contribution >= 0.6 is 0 Å². The van der Waals surface area contributed by atoms with Crippen LogP contribution in [0.25, 0.3) is 0 Å². The van der Waals surface area contributed by atoms with Gasteiger partial charge in [-0.3, -0.25) is 0 Å². The normalized spacial score (nSPS) is 14.1. The molecule has 0 aliphatic rings. The Morgan fingerprint density at radius 2 is 1.67 bits per heavy atom. The molecule has 0 amide bonds. The maximum absolute atomic E-state index is 12.5. The van der Waals surface area contributed by atoms with Crippen LogP contribution in [0, 0.1) is 6.92 Å². The van der Waals surface area contributed by atoms with Crippen LogP contribution in [0.5, 0.6) is 0 Å². The van der Waals surface area contributed by atoms with Crippen molar-refractivity contribution in [2.24, 2.45) is 0 Å². The van der Waals surface area contributed by atoms with Crippen molar-refractivity contribution >= 4 is 9.84 Å². The summed E-state index contributed by atoms with van der Waals surface area (Å²) in [6, 6.07) is 0. The Morgan fingerprint density at radius 3 is 2.14 bits per heavy atom. The van der Waals surface area contributed by atoms with Crippen LogP contribution in [0.3, 0.4) is 0 Å². The van der Waals surface area contributed by atoms with E-state index in [1.54, 1.807) is 13.1 Å². The summed E-state index contributed by atoms with van der Waals surface area (Å²) in [6.07, 6.45) is 4.52. The van der Waals surface area contributed by atoms with E-state index in [0.717, 1.165) is 5.56 Å². The first-order valence-electron chi connectivity index (χ1n) is 6.61. The summed E-state index contributed by atoms with van der Waals surface area (Å²) in [7, 11) is -3.72. The van der Waals surface area contributed by atoms with E-state index in [1.165, 1.54) is 19.3 Å². The zero-order chi connectivity index (χ0) is 15.8. The fourth-order valence-electron chi connectivity index (χ4n) is 1.64. The Bertz CT molecular complexity index is 728. The number of aryl methyl sites for hydroxylation is 1. The molecule has 2 aromatic heterocycles. The molecule has 6 nitrogen and oxygen atoms in total. The van der Waals surface area contributed by atoms with Crippen molar-refractivity contribution in [3.63, 3.8) is 0 Å². The van der Waals surface area contributed by atoms with Gasteiger partial charge < -0.3 is 4.42 Å². The molecule has 0 spiro atoms. The summed E-state index contributed by atoms with van der Waals surface area (Å²) in [6.45, 7) is 9.24. The number of hydrogen-bond donors (Lipinski definition) is 0. The number of oxazole rings is 1. The van der Waals surface area contributed by atoms with Gasteiger partial charge in [-0.1, -0.05) is 20.8 Å². The smallest absolute Gasteiger partial charge is 0.247 e. The van der Waals surface area contributed by atoms with E-state index in [9.17, 15) is 8.42 Å². The first kappa shape index (κ1) is 15.6. The van der Waals surface area contributed by atoms with Gasteiger partial charge in [0.1, 0.15) is 11.0 Å². The maximum Gasteiger partial charge on any atom is 0.247 e. The lowest BCUT2D eigenvalue weighted by Gasteiger charge is -2.14. The largest absolute Gasteiger partial charge is 0.444 e. The van der Waals surface area contributed by atoms with Gasteiger partial charge in [0, 0.05) is 17.8 Å². The molecule has 7 heteroatoms. The second-order valence-corrected chi connectivity index (χ2v) is 8.21. The number of sulfone groups is 1. The molecule has 0 aliphatic carbocycles. The Kier molecular flexibility index (Phi) is 3.88. The fourth-order valence-corrected chi connectivity index (χ4v) is 2.73. The fraction of sp³-hybridized carbons (Fsp3) is 0.500. The summed E-state index contributed by atoms with van der Waals surface area (Å²) < 4.78 is 30.6. The number of hydrogen-bond acceptors (Lipinski definition) is 6. The maximum atomic E-state index is 12.5. The van der Waals surface area contributed by atoms with Crippen LogP contribution < -0.4 is 0 Å². The van der Waals surface area contributed by atoms with Crippen molar-refractivity contribution in [2.75, 3.05) is 0 Å². The molecule has 114 valence electrons. The molecular weight excluding hydrogens is 290 g/mol. The van der Waals surface area contributed by atoms with Crippen molar-refractivity contribution in [3.8, 4) is 0 Å². The Morgan fingerprint density at radius 1 is 1.10 bits per heavy atom. The van der Waals surface area contributed by atoms with E-state index in [-0.39, 0.29) is 16.5 Å². The molecule has 0 saturated heterocycles. The second-order valence-electron chi connectivity index (χ2n) is 6.04. The van der Waals surface area contributed by atoms with Gasteiger partial charge in [-0.2, -0.15) is 0 Å². The van der Waals surface area contributed by atoms with Crippen LogP contribution in [0.15, 0.2) is 28.2 Å². The molecule has 0 aromatic carbocycles.